The van der Waals surface area contributed by atoms with Gasteiger partial charge in [-0.2, -0.15) is 11.8 Å². The van der Waals surface area contributed by atoms with Gasteiger partial charge in [0.25, 0.3) is 0 Å². The van der Waals surface area contributed by atoms with Crippen molar-refractivity contribution in [1.29, 1.82) is 0 Å². The monoisotopic (exact) mass is 463 g/mol. The molecule has 136 valence electrons. The maximum atomic E-state index is 5.74. The molecule has 0 spiro atoms. The molecule has 4 nitrogen and oxygen atoms in total. The molecule has 1 aromatic carbocycles. The second-order valence-electron chi connectivity index (χ2n) is 6.25. The fourth-order valence-corrected chi connectivity index (χ4v) is 3.66. The van der Waals surface area contributed by atoms with E-state index in [1.807, 2.05) is 44.8 Å². The molecule has 2 N–H and O–H groups in total. The first-order valence-electron chi connectivity index (χ1n) is 8.36. The van der Waals surface area contributed by atoms with Crippen LogP contribution >= 0.6 is 35.7 Å². The third-order valence-electron chi connectivity index (χ3n) is 4.01. The van der Waals surface area contributed by atoms with Crippen LogP contribution in [0.15, 0.2) is 29.3 Å². The van der Waals surface area contributed by atoms with Gasteiger partial charge in [-0.3, -0.25) is 4.99 Å². The minimum absolute atomic E-state index is 0. The Labute approximate surface area is 167 Å². The molecule has 2 rings (SSSR count). The number of hydrogen-bond acceptors (Lipinski definition) is 3. The molecule has 1 saturated carbocycles. The Morgan fingerprint density at radius 2 is 2.17 bits per heavy atom. The van der Waals surface area contributed by atoms with Gasteiger partial charge in [-0.1, -0.05) is 12.1 Å². The highest BCUT2D eigenvalue weighted by atomic mass is 127. The zero-order valence-corrected chi connectivity index (χ0v) is 18.2. The van der Waals surface area contributed by atoms with Crippen LogP contribution in [0.4, 0.5) is 0 Å². The summed E-state index contributed by atoms with van der Waals surface area (Å²) >= 11 is 1.97. The van der Waals surface area contributed by atoms with Gasteiger partial charge in [0.1, 0.15) is 5.75 Å². The molecule has 6 heteroatoms. The summed E-state index contributed by atoms with van der Waals surface area (Å²) in [5.74, 6) is 1.80. The van der Waals surface area contributed by atoms with Crippen molar-refractivity contribution in [3.05, 3.63) is 29.8 Å². The smallest absolute Gasteiger partial charge is 0.191 e. The Morgan fingerprint density at radius 1 is 1.38 bits per heavy atom. The Balaban J connectivity index is 0.00000288. The quantitative estimate of drug-likeness (QED) is 0.380. The molecule has 0 bridgehead atoms. The van der Waals surface area contributed by atoms with E-state index in [1.165, 1.54) is 24.8 Å². The van der Waals surface area contributed by atoms with Crippen molar-refractivity contribution in [2.24, 2.45) is 4.99 Å². The number of nitrogens with zero attached hydrogens (tertiary/aromatic N) is 1. The first-order chi connectivity index (χ1) is 11.1. The molecule has 1 aromatic rings. The van der Waals surface area contributed by atoms with Gasteiger partial charge < -0.3 is 15.4 Å². The second-order valence-corrected chi connectivity index (χ2v) is 7.39. The predicted molar refractivity (Wildman–Crippen MR) is 116 cm³/mol. The van der Waals surface area contributed by atoms with E-state index < -0.39 is 0 Å². The summed E-state index contributed by atoms with van der Waals surface area (Å²) in [4.78, 5) is 4.34. The van der Waals surface area contributed by atoms with Crippen LogP contribution in [-0.2, 0) is 6.54 Å². The normalized spacial score (nSPS) is 20.6. The van der Waals surface area contributed by atoms with Crippen LogP contribution in [0.5, 0.6) is 5.75 Å². The maximum absolute atomic E-state index is 5.74. The molecule has 0 saturated heterocycles. The topological polar surface area (TPSA) is 45.7 Å². The number of halogens is 1. The fraction of sp³-hybridized carbons (Fsp3) is 0.611. The molecule has 0 heterocycles. The van der Waals surface area contributed by atoms with Crippen molar-refractivity contribution in [2.75, 3.05) is 13.3 Å². The Morgan fingerprint density at radius 3 is 2.79 bits per heavy atom. The molecule has 0 radical (unpaired) electrons. The van der Waals surface area contributed by atoms with Gasteiger partial charge in [0, 0.05) is 24.9 Å². The lowest BCUT2D eigenvalue weighted by Crippen LogP contribution is -2.42. The van der Waals surface area contributed by atoms with Crippen molar-refractivity contribution < 1.29 is 4.74 Å². The minimum Gasteiger partial charge on any atom is -0.491 e. The van der Waals surface area contributed by atoms with E-state index in [0.29, 0.717) is 6.04 Å². The van der Waals surface area contributed by atoms with E-state index in [0.717, 1.165) is 23.5 Å². The third-order valence-corrected chi connectivity index (χ3v) is 5.11. The van der Waals surface area contributed by atoms with Crippen molar-refractivity contribution in [3.8, 4) is 5.75 Å². The van der Waals surface area contributed by atoms with Crippen molar-refractivity contribution in [3.63, 3.8) is 0 Å². The van der Waals surface area contributed by atoms with E-state index in [1.54, 1.807) is 0 Å². The number of nitrogens with one attached hydrogen (secondary N) is 2. The van der Waals surface area contributed by atoms with Gasteiger partial charge in [0.15, 0.2) is 5.96 Å². The molecule has 24 heavy (non-hydrogen) atoms. The molecule has 1 aliphatic carbocycles. The lowest BCUT2D eigenvalue weighted by atomic mass is 10.2. The first-order valence-corrected chi connectivity index (χ1v) is 9.65. The van der Waals surface area contributed by atoms with Crippen LogP contribution in [0.1, 0.15) is 38.7 Å². The van der Waals surface area contributed by atoms with Crippen LogP contribution in [0, 0.1) is 0 Å². The average Bonchev–Trinajstić information content (AvgIpc) is 2.99. The van der Waals surface area contributed by atoms with E-state index in [-0.39, 0.29) is 30.1 Å². The number of hydrogen-bond donors (Lipinski definition) is 2. The highest BCUT2D eigenvalue weighted by Gasteiger charge is 2.24. The number of benzene rings is 1. The molecule has 0 aliphatic heterocycles. The fourth-order valence-electron chi connectivity index (χ4n) is 2.86. The van der Waals surface area contributed by atoms with E-state index in [2.05, 4.69) is 34.0 Å². The van der Waals surface area contributed by atoms with Crippen LogP contribution in [0.2, 0.25) is 0 Å². The summed E-state index contributed by atoms with van der Waals surface area (Å²) in [5.41, 5.74) is 1.19. The second kappa shape index (κ2) is 11.1. The van der Waals surface area contributed by atoms with Gasteiger partial charge in [0.05, 0.1) is 6.10 Å². The Kier molecular flexibility index (Phi) is 9.88. The van der Waals surface area contributed by atoms with E-state index in [9.17, 15) is 0 Å². The highest BCUT2D eigenvalue weighted by Crippen LogP contribution is 2.28. The summed E-state index contributed by atoms with van der Waals surface area (Å²) in [6, 6.07) is 8.75. The number of aliphatic imine (C=N–C) groups is 1. The van der Waals surface area contributed by atoms with Gasteiger partial charge >= 0.3 is 0 Å². The zero-order chi connectivity index (χ0) is 16.7. The SMILES string of the molecule is CN=C(NCc1cccc(OC(C)C)c1)NC1CCC(SC)C1.I. The largest absolute Gasteiger partial charge is 0.491 e. The predicted octanol–water partition coefficient (Wildman–Crippen LogP) is 4.04. The first kappa shape index (κ1) is 21.4. The standard InChI is InChI=1S/C18H29N3OS.HI/c1-13(2)22-16-7-5-6-14(10-16)12-20-18(19-3)21-15-8-9-17(11-15)23-4;/h5-7,10,13,15,17H,8-9,11-12H2,1-4H3,(H2,19,20,21);1H. The summed E-state index contributed by atoms with van der Waals surface area (Å²) < 4.78 is 5.74. The lowest BCUT2D eigenvalue weighted by Gasteiger charge is -2.18. The molecular formula is C18H30IN3OS. The summed E-state index contributed by atoms with van der Waals surface area (Å²) in [6.45, 7) is 4.83. The average molecular weight is 463 g/mol. The highest BCUT2D eigenvalue weighted by molar-refractivity contribution is 14.0. The third kappa shape index (κ3) is 7.09. The van der Waals surface area contributed by atoms with Crippen LogP contribution in [0.25, 0.3) is 0 Å². The van der Waals surface area contributed by atoms with Gasteiger partial charge in [0.2, 0.25) is 0 Å². The number of rotatable bonds is 6. The molecular weight excluding hydrogens is 433 g/mol. The van der Waals surface area contributed by atoms with Crippen LogP contribution in [0.3, 0.4) is 0 Å². The summed E-state index contributed by atoms with van der Waals surface area (Å²) in [7, 11) is 1.83. The van der Waals surface area contributed by atoms with E-state index >= 15 is 0 Å². The maximum Gasteiger partial charge on any atom is 0.191 e. The van der Waals surface area contributed by atoms with Gasteiger partial charge in [-0.15, -0.1) is 24.0 Å². The van der Waals surface area contributed by atoms with Gasteiger partial charge in [-0.05, 0) is 57.1 Å². The summed E-state index contributed by atoms with van der Waals surface area (Å²) in [5, 5.41) is 7.73. The molecule has 0 aromatic heterocycles. The molecule has 2 atom stereocenters. The van der Waals surface area contributed by atoms with Crippen LogP contribution < -0.4 is 15.4 Å². The van der Waals surface area contributed by atoms with Crippen LogP contribution in [-0.4, -0.2) is 36.7 Å². The zero-order valence-electron chi connectivity index (χ0n) is 15.0. The number of thioether (sulfide) groups is 1. The Hall–Kier alpha value is -0.630. The summed E-state index contributed by atoms with van der Waals surface area (Å²) in [6.07, 6.45) is 6.14. The lowest BCUT2D eigenvalue weighted by molar-refractivity contribution is 0.242. The molecule has 2 unspecified atom stereocenters. The van der Waals surface area contributed by atoms with Gasteiger partial charge in [-0.25, -0.2) is 0 Å². The number of guanidine groups is 1. The van der Waals surface area contributed by atoms with Crippen molar-refractivity contribution in [2.45, 2.75) is 57.1 Å². The van der Waals surface area contributed by atoms with Crippen molar-refractivity contribution >= 4 is 41.7 Å². The van der Waals surface area contributed by atoms with E-state index in [4.69, 9.17) is 4.74 Å². The molecule has 1 fully saturated rings. The Bertz CT molecular complexity index is 525. The minimum atomic E-state index is 0. The number of ether oxygens (including phenoxy) is 1. The molecule has 1 aliphatic rings. The van der Waals surface area contributed by atoms with Crippen molar-refractivity contribution in [1.82, 2.24) is 10.6 Å². The molecule has 0 amide bonds.